The van der Waals surface area contributed by atoms with Crippen molar-refractivity contribution in [1.29, 1.82) is 0 Å². The predicted octanol–water partition coefficient (Wildman–Crippen LogP) is 4.10. The van der Waals surface area contributed by atoms with Gasteiger partial charge in [0.05, 0.1) is 4.47 Å². The highest BCUT2D eigenvalue weighted by atomic mass is 79.9. The Labute approximate surface area is 148 Å². The van der Waals surface area contributed by atoms with Crippen LogP contribution in [0.2, 0.25) is 0 Å². The lowest BCUT2D eigenvalue weighted by atomic mass is 10.1. The van der Waals surface area contributed by atoms with Gasteiger partial charge in [-0.3, -0.25) is 4.90 Å². The maximum absolute atomic E-state index is 12.3. The van der Waals surface area contributed by atoms with E-state index in [-0.39, 0.29) is 18.2 Å². The number of halogens is 5. The van der Waals surface area contributed by atoms with Crippen LogP contribution in [0, 0.1) is 0 Å². The van der Waals surface area contributed by atoms with Crippen molar-refractivity contribution in [2.24, 2.45) is 0 Å². The van der Waals surface area contributed by atoms with Crippen LogP contribution < -0.4 is 10.1 Å². The van der Waals surface area contributed by atoms with Gasteiger partial charge in [0.25, 0.3) is 0 Å². The van der Waals surface area contributed by atoms with Gasteiger partial charge in [-0.15, -0.1) is 25.6 Å². The first-order valence-electron chi connectivity index (χ1n) is 7.43. The Morgan fingerprint density at radius 1 is 1.22 bits per heavy atom. The molecule has 2 fully saturated rings. The van der Waals surface area contributed by atoms with Gasteiger partial charge in [-0.2, -0.15) is 0 Å². The Morgan fingerprint density at radius 3 is 2.65 bits per heavy atom. The molecule has 2 aliphatic heterocycles. The molecule has 0 aromatic heterocycles. The Bertz CT molecular complexity index is 530. The molecule has 8 heteroatoms. The van der Waals surface area contributed by atoms with E-state index in [0.717, 1.165) is 31.6 Å². The molecule has 0 aliphatic carbocycles. The second-order valence-corrected chi connectivity index (χ2v) is 6.72. The molecule has 1 aromatic carbocycles. The number of benzene rings is 1. The first kappa shape index (κ1) is 18.8. The maximum Gasteiger partial charge on any atom is 0.573 e. The van der Waals surface area contributed by atoms with Crippen LogP contribution in [0.3, 0.4) is 0 Å². The Morgan fingerprint density at radius 2 is 1.96 bits per heavy atom. The van der Waals surface area contributed by atoms with Crippen molar-refractivity contribution >= 4 is 28.3 Å². The van der Waals surface area contributed by atoms with Crippen molar-refractivity contribution in [1.82, 2.24) is 10.2 Å². The standard InChI is InChI=1S/C15H18BrF3N2O.ClH/c16-13-7-10(1-4-14(13)22-15(17,18)19)9-21-11-2-3-12(21)8-20-6-5-11;/h1,4,7,11-12,20H,2-3,5-6,8-9H2;1H. The van der Waals surface area contributed by atoms with Crippen molar-refractivity contribution in [2.75, 3.05) is 13.1 Å². The fourth-order valence-electron chi connectivity index (χ4n) is 3.40. The van der Waals surface area contributed by atoms with Crippen LogP contribution in [0.5, 0.6) is 5.75 Å². The molecule has 0 saturated carbocycles. The van der Waals surface area contributed by atoms with Gasteiger partial charge in [0.2, 0.25) is 0 Å². The van der Waals surface area contributed by atoms with Gasteiger partial charge in [0.15, 0.2) is 0 Å². The van der Waals surface area contributed by atoms with E-state index in [1.165, 1.54) is 18.9 Å². The third-order valence-electron chi connectivity index (χ3n) is 4.39. The third-order valence-corrected chi connectivity index (χ3v) is 5.01. The smallest absolute Gasteiger partial charge is 0.405 e. The minimum Gasteiger partial charge on any atom is -0.405 e. The van der Waals surface area contributed by atoms with E-state index in [9.17, 15) is 13.2 Å². The molecule has 2 aliphatic rings. The number of ether oxygens (including phenoxy) is 1. The van der Waals surface area contributed by atoms with Crippen molar-refractivity contribution in [3.05, 3.63) is 28.2 Å². The highest BCUT2D eigenvalue weighted by Gasteiger charge is 2.35. The van der Waals surface area contributed by atoms with Gasteiger partial charge in [-0.25, -0.2) is 0 Å². The minimum absolute atomic E-state index is 0. The van der Waals surface area contributed by atoms with Crippen LogP contribution in [0.15, 0.2) is 22.7 Å². The summed E-state index contributed by atoms with van der Waals surface area (Å²) in [6.07, 6.45) is -1.14. The van der Waals surface area contributed by atoms with Crippen molar-refractivity contribution in [3.63, 3.8) is 0 Å². The zero-order valence-electron chi connectivity index (χ0n) is 12.4. The molecule has 3 nitrogen and oxygen atoms in total. The molecule has 0 radical (unpaired) electrons. The molecule has 0 amide bonds. The van der Waals surface area contributed by atoms with Crippen LogP contribution in [0.1, 0.15) is 24.8 Å². The molecule has 1 aromatic rings. The molecule has 2 atom stereocenters. The van der Waals surface area contributed by atoms with Gasteiger partial charge in [-0.05, 0) is 59.4 Å². The third kappa shape index (κ3) is 4.75. The van der Waals surface area contributed by atoms with Gasteiger partial charge in [0.1, 0.15) is 5.75 Å². The lowest BCUT2D eigenvalue weighted by molar-refractivity contribution is -0.274. The lowest BCUT2D eigenvalue weighted by Crippen LogP contribution is -2.37. The molecule has 2 bridgehead atoms. The first-order valence-corrected chi connectivity index (χ1v) is 8.22. The SMILES string of the molecule is Cl.FC(F)(F)Oc1ccc(CN2C3CCNCC2CC3)cc1Br. The molecule has 1 N–H and O–H groups in total. The number of alkyl halides is 3. The minimum atomic E-state index is -4.67. The van der Waals surface area contributed by atoms with Gasteiger partial charge in [0, 0.05) is 25.2 Å². The molecule has 3 rings (SSSR count). The molecule has 130 valence electrons. The number of hydrogen-bond donors (Lipinski definition) is 1. The molecular formula is C15H19BrClF3N2O. The summed E-state index contributed by atoms with van der Waals surface area (Å²) >= 11 is 3.17. The highest BCUT2D eigenvalue weighted by molar-refractivity contribution is 9.10. The summed E-state index contributed by atoms with van der Waals surface area (Å²) < 4.78 is 41.2. The van der Waals surface area contributed by atoms with Crippen LogP contribution in [0.25, 0.3) is 0 Å². The van der Waals surface area contributed by atoms with Crippen molar-refractivity contribution < 1.29 is 17.9 Å². The van der Waals surface area contributed by atoms with Crippen LogP contribution in [-0.2, 0) is 6.54 Å². The molecule has 23 heavy (non-hydrogen) atoms. The van der Waals surface area contributed by atoms with Crippen molar-refractivity contribution in [2.45, 2.75) is 44.3 Å². The summed E-state index contributed by atoms with van der Waals surface area (Å²) in [6, 6.07) is 5.91. The van der Waals surface area contributed by atoms with E-state index in [0.29, 0.717) is 16.6 Å². The topological polar surface area (TPSA) is 24.5 Å². The molecule has 0 spiro atoms. The van der Waals surface area contributed by atoms with Gasteiger partial charge >= 0.3 is 6.36 Å². The average molecular weight is 416 g/mol. The monoisotopic (exact) mass is 414 g/mol. The number of nitrogens with zero attached hydrogens (tertiary/aromatic N) is 1. The second kappa shape index (κ2) is 7.59. The Balaban J connectivity index is 0.00000192. The predicted molar refractivity (Wildman–Crippen MR) is 87.9 cm³/mol. The zero-order valence-corrected chi connectivity index (χ0v) is 14.8. The summed E-state index contributed by atoms with van der Waals surface area (Å²) in [6.45, 7) is 2.80. The van der Waals surface area contributed by atoms with E-state index in [2.05, 4.69) is 30.9 Å². The van der Waals surface area contributed by atoms with E-state index < -0.39 is 6.36 Å². The largest absolute Gasteiger partial charge is 0.573 e. The van der Waals surface area contributed by atoms with Gasteiger partial charge in [-0.1, -0.05) is 6.07 Å². The highest BCUT2D eigenvalue weighted by Crippen LogP contribution is 2.33. The van der Waals surface area contributed by atoms with Gasteiger partial charge < -0.3 is 10.1 Å². The second-order valence-electron chi connectivity index (χ2n) is 5.86. The fraction of sp³-hybridized carbons (Fsp3) is 0.600. The van der Waals surface area contributed by atoms with Crippen LogP contribution >= 0.6 is 28.3 Å². The summed E-state index contributed by atoms with van der Waals surface area (Å²) in [4.78, 5) is 2.48. The van der Waals surface area contributed by atoms with Crippen LogP contribution in [0.4, 0.5) is 13.2 Å². The number of hydrogen-bond acceptors (Lipinski definition) is 3. The number of rotatable bonds is 3. The number of fused-ring (bicyclic) bond motifs is 2. The molecule has 2 unspecified atom stereocenters. The fourth-order valence-corrected chi connectivity index (χ4v) is 3.91. The quantitative estimate of drug-likeness (QED) is 0.804. The Kier molecular flexibility index (Phi) is 6.22. The van der Waals surface area contributed by atoms with Crippen LogP contribution in [-0.4, -0.2) is 36.4 Å². The lowest BCUT2D eigenvalue weighted by Gasteiger charge is -2.27. The summed E-state index contributed by atoms with van der Waals surface area (Å²) in [5, 5.41) is 3.44. The first-order chi connectivity index (χ1) is 10.4. The summed E-state index contributed by atoms with van der Waals surface area (Å²) in [7, 11) is 0. The molecule has 2 heterocycles. The molecular weight excluding hydrogens is 397 g/mol. The summed E-state index contributed by atoms with van der Waals surface area (Å²) in [5.41, 5.74) is 1.00. The summed E-state index contributed by atoms with van der Waals surface area (Å²) in [5.74, 6) is -0.197. The van der Waals surface area contributed by atoms with E-state index in [1.54, 1.807) is 12.1 Å². The van der Waals surface area contributed by atoms with E-state index in [1.807, 2.05) is 0 Å². The zero-order chi connectivity index (χ0) is 15.7. The van der Waals surface area contributed by atoms with E-state index >= 15 is 0 Å². The maximum atomic E-state index is 12.3. The Hall–Kier alpha value is -0.500. The molecule has 2 saturated heterocycles. The van der Waals surface area contributed by atoms with Crippen molar-refractivity contribution in [3.8, 4) is 5.75 Å². The number of nitrogens with one attached hydrogen (secondary N) is 1. The average Bonchev–Trinajstić information content (AvgIpc) is 2.65. The normalized spacial score (nSPS) is 24.9. The van der Waals surface area contributed by atoms with E-state index in [4.69, 9.17) is 0 Å².